The predicted molar refractivity (Wildman–Crippen MR) is 70.6 cm³/mol. The third-order valence-corrected chi connectivity index (χ3v) is 3.27. The van der Waals surface area contributed by atoms with Gasteiger partial charge in [-0.05, 0) is 19.1 Å². The van der Waals surface area contributed by atoms with E-state index >= 15 is 0 Å². The van der Waals surface area contributed by atoms with Gasteiger partial charge in [-0.3, -0.25) is 0 Å². The molecule has 102 valence electrons. The summed E-state index contributed by atoms with van der Waals surface area (Å²) in [5, 5.41) is 14.9. The third-order valence-electron chi connectivity index (χ3n) is 2.92. The lowest BCUT2D eigenvalue weighted by molar-refractivity contribution is 0.586. The molecule has 0 amide bonds. The van der Waals surface area contributed by atoms with E-state index in [4.69, 9.17) is 11.6 Å². The van der Waals surface area contributed by atoms with E-state index < -0.39 is 0 Å². The maximum absolute atomic E-state index is 13.8. The van der Waals surface area contributed by atoms with Crippen LogP contribution >= 0.6 is 11.6 Å². The van der Waals surface area contributed by atoms with Gasteiger partial charge in [0.05, 0.1) is 12.2 Å². The highest BCUT2D eigenvalue weighted by Gasteiger charge is 2.16. The topological polar surface area (TPSA) is 72.3 Å². The van der Waals surface area contributed by atoms with Crippen LogP contribution in [0.4, 0.5) is 4.39 Å². The third kappa shape index (κ3) is 2.16. The van der Waals surface area contributed by atoms with Gasteiger partial charge in [-0.2, -0.15) is 20.5 Å². The van der Waals surface area contributed by atoms with Crippen molar-refractivity contribution < 1.29 is 4.39 Å². The van der Waals surface area contributed by atoms with Gasteiger partial charge in [0.15, 0.2) is 11.5 Å². The molecule has 0 saturated heterocycles. The minimum atomic E-state index is -0.379. The highest BCUT2D eigenvalue weighted by Crippen LogP contribution is 2.22. The van der Waals surface area contributed by atoms with Crippen LogP contribution in [0.3, 0.4) is 0 Å². The summed E-state index contributed by atoms with van der Waals surface area (Å²) in [6, 6.07) is 4.56. The first-order valence-corrected chi connectivity index (χ1v) is 6.23. The van der Waals surface area contributed by atoms with Crippen LogP contribution in [0.1, 0.15) is 11.3 Å². The Hall–Kier alpha value is -2.28. The first-order chi connectivity index (χ1) is 9.66. The Bertz CT molecular complexity index is 730. The number of rotatable bonds is 3. The van der Waals surface area contributed by atoms with Crippen molar-refractivity contribution in [3.05, 3.63) is 46.6 Å². The van der Waals surface area contributed by atoms with Crippen molar-refractivity contribution in [1.82, 2.24) is 30.2 Å². The molecule has 3 aromatic rings. The highest BCUT2D eigenvalue weighted by molar-refractivity contribution is 6.31. The molecule has 0 aliphatic rings. The first kappa shape index (κ1) is 12.7. The van der Waals surface area contributed by atoms with Gasteiger partial charge in [-0.15, -0.1) is 0 Å². The molecule has 1 aromatic carbocycles. The largest absolute Gasteiger partial charge is 0.240 e. The number of hydrogen-bond acceptors (Lipinski definition) is 4. The molecule has 8 heteroatoms. The second kappa shape index (κ2) is 5.01. The lowest BCUT2D eigenvalue weighted by atomic mass is 10.2. The summed E-state index contributed by atoms with van der Waals surface area (Å²) >= 11 is 6.02. The van der Waals surface area contributed by atoms with Crippen molar-refractivity contribution in [3.8, 4) is 11.5 Å². The molecular weight excluding hydrogens is 283 g/mol. The summed E-state index contributed by atoms with van der Waals surface area (Å²) in [7, 11) is 0. The van der Waals surface area contributed by atoms with Crippen molar-refractivity contribution in [2.45, 2.75) is 13.5 Å². The monoisotopic (exact) mass is 292 g/mol. The van der Waals surface area contributed by atoms with Gasteiger partial charge in [0.2, 0.25) is 0 Å². The normalized spacial score (nSPS) is 10.9. The molecule has 0 saturated carbocycles. The van der Waals surface area contributed by atoms with E-state index in [1.54, 1.807) is 19.1 Å². The minimum Gasteiger partial charge on any atom is -0.240 e. The van der Waals surface area contributed by atoms with Gasteiger partial charge in [0.1, 0.15) is 12.1 Å². The Morgan fingerprint density at radius 1 is 1.35 bits per heavy atom. The zero-order valence-electron chi connectivity index (χ0n) is 10.5. The molecule has 3 rings (SSSR count). The Morgan fingerprint density at radius 3 is 2.90 bits per heavy atom. The second-order valence-electron chi connectivity index (χ2n) is 4.20. The predicted octanol–water partition coefficient (Wildman–Crippen LogP) is 2.21. The summed E-state index contributed by atoms with van der Waals surface area (Å²) < 4.78 is 15.4. The molecule has 0 aliphatic heterocycles. The Kier molecular flexibility index (Phi) is 3.19. The zero-order chi connectivity index (χ0) is 14.1. The van der Waals surface area contributed by atoms with E-state index in [1.807, 2.05) is 0 Å². The lowest BCUT2D eigenvalue weighted by Gasteiger charge is -2.07. The quantitative estimate of drug-likeness (QED) is 0.803. The number of hydrogen-bond donors (Lipinski definition) is 1. The van der Waals surface area contributed by atoms with Crippen LogP contribution in [-0.2, 0) is 6.54 Å². The van der Waals surface area contributed by atoms with Gasteiger partial charge in [0.25, 0.3) is 0 Å². The summed E-state index contributed by atoms with van der Waals surface area (Å²) in [6.45, 7) is 1.97. The number of benzene rings is 1. The molecule has 0 radical (unpaired) electrons. The second-order valence-corrected chi connectivity index (χ2v) is 4.61. The SMILES string of the molecule is Cc1n[nH]nc1-c1ncnn1Cc1c(F)cccc1Cl. The van der Waals surface area contributed by atoms with E-state index in [2.05, 4.69) is 25.5 Å². The fourth-order valence-corrected chi connectivity index (χ4v) is 2.11. The van der Waals surface area contributed by atoms with E-state index in [9.17, 15) is 4.39 Å². The molecule has 2 heterocycles. The molecule has 6 nitrogen and oxygen atoms in total. The number of aromatic amines is 1. The molecule has 20 heavy (non-hydrogen) atoms. The smallest absolute Gasteiger partial charge is 0.180 e. The Labute approximate surface area is 118 Å². The number of halogens is 2. The average Bonchev–Trinajstić information content (AvgIpc) is 3.02. The first-order valence-electron chi connectivity index (χ1n) is 5.85. The van der Waals surface area contributed by atoms with Crippen LogP contribution in [0.2, 0.25) is 5.02 Å². The maximum atomic E-state index is 13.8. The summed E-state index contributed by atoms with van der Waals surface area (Å²) in [5.41, 5.74) is 1.64. The number of aryl methyl sites for hydroxylation is 1. The fraction of sp³-hybridized carbons (Fsp3) is 0.167. The van der Waals surface area contributed by atoms with E-state index in [1.165, 1.54) is 17.1 Å². The number of aromatic nitrogens is 6. The van der Waals surface area contributed by atoms with Crippen molar-refractivity contribution in [2.24, 2.45) is 0 Å². The molecule has 0 unspecified atom stereocenters. The lowest BCUT2D eigenvalue weighted by Crippen LogP contribution is -2.07. The molecule has 0 bridgehead atoms. The van der Waals surface area contributed by atoms with Gasteiger partial charge in [0, 0.05) is 10.6 Å². The van der Waals surface area contributed by atoms with E-state index in [0.717, 1.165) is 0 Å². The molecule has 2 aromatic heterocycles. The van der Waals surface area contributed by atoms with Crippen LogP contribution in [0, 0.1) is 12.7 Å². The van der Waals surface area contributed by atoms with Crippen LogP contribution in [0.25, 0.3) is 11.5 Å². The van der Waals surface area contributed by atoms with Crippen LogP contribution in [0.15, 0.2) is 24.5 Å². The molecule has 0 atom stereocenters. The average molecular weight is 293 g/mol. The highest BCUT2D eigenvalue weighted by atomic mass is 35.5. The van der Waals surface area contributed by atoms with E-state index in [-0.39, 0.29) is 12.4 Å². The Morgan fingerprint density at radius 2 is 2.20 bits per heavy atom. The minimum absolute atomic E-state index is 0.174. The van der Waals surface area contributed by atoms with Crippen molar-refractivity contribution in [2.75, 3.05) is 0 Å². The molecule has 0 fully saturated rings. The molecule has 0 aliphatic carbocycles. The molecular formula is C12H10ClFN6. The van der Waals surface area contributed by atoms with Crippen molar-refractivity contribution in [3.63, 3.8) is 0 Å². The molecule has 0 spiro atoms. The molecule has 1 N–H and O–H groups in total. The fourth-order valence-electron chi connectivity index (χ4n) is 1.89. The van der Waals surface area contributed by atoms with Crippen LogP contribution < -0.4 is 0 Å². The van der Waals surface area contributed by atoms with E-state index in [0.29, 0.717) is 27.8 Å². The standard InChI is InChI=1S/C12H10ClFN6/c1-7-11(18-19-17-7)12-15-6-16-20(12)5-8-9(13)3-2-4-10(8)14/h2-4,6H,5H2,1H3,(H,17,18,19). The number of nitrogens with zero attached hydrogens (tertiary/aromatic N) is 5. The van der Waals surface area contributed by atoms with Gasteiger partial charge in [-0.1, -0.05) is 17.7 Å². The summed E-state index contributed by atoms with van der Waals surface area (Å²) in [5.74, 6) is 0.131. The number of nitrogens with one attached hydrogen (secondary N) is 1. The summed E-state index contributed by atoms with van der Waals surface area (Å²) in [4.78, 5) is 4.14. The van der Waals surface area contributed by atoms with Gasteiger partial charge < -0.3 is 0 Å². The zero-order valence-corrected chi connectivity index (χ0v) is 11.3. The van der Waals surface area contributed by atoms with Crippen LogP contribution in [-0.4, -0.2) is 30.2 Å². The van der Waals surface area contributed by atoms with Gasteiger partial charge >= 0.3 is 0 Å². The Balaban J connectivity index is 2.01. The summed E-state index contributed by atoms with van der Waals surface area (Å²) in [6.07, 6.45) is 1.39. The van der Waals surface area contributed by atoms with Crippen molar-refractivity contribution in [1.29, 1.82) is 0 Å². The number of H-pyrrole nitrogens is 1. The maximum Gasteiger partial charge on any atom is 0.180 e. The van der Waals surface area contributed by atoms with Gasteiger partial charge in [-0.25, -0.2) is 14.1 Å². The van der Waals surface area contributed by atoms with Crippen molar-refractivity contribution >= 4 is 11.6 Å². The van der Waals surface area contributed by atoms with Crippen LogP contribution in [0.5, 0.6) is 0 Å².